The lowest BCUT2D eigenvalue weighted by molar-refractivity contribution is -0.159. The van der Waals surface area contributed by atoms with Gasteiger partial charge in [-0.15, -0.1) is 0 Å². The van der Waals surface area contributed by atoms with Crippen molar-refractivity contribution < 1.29 is 29.6 Å². The fourth-order valence-electron chi connectivity index (χ4n) is 0.496. The van der Waals surface area contributed by atoms with Gasteiger partial charge in [0.1, 0.15) is 6.10 Å². The Labute approximate surface area is 68.4 Å². The molecular weight excluding hydrogens is 168 g/mol. The quantitative estimate of drug-likeness (QED) is 0.323. The first-order valence-corrected chi connectivity index (χ1v) is 3.13. The van der Waals surface area contributed by atoms with Crippen LogP contribution in [0.1, 0.15) is 0 Å². The first kappa shape index (κ1) is 11.0. The van der Waals surface area contributed by atoms with Crippen LogP contribution in [-0.2, 0) is 14.3 Å². The van der Waals surface area contributed by atoms with Gasteiger partial charge in [0.05, 0.1) is 13.7 Å². The first-order chi connectivity index (χ1) is 5.54. The van der Waals surface area contributed by atoms with Crippen molar-refractivity contribution in [3.8, 4) is 0 Å². The molecule has 6 nitrogen and oxygen atoms in total. The van der Waals surface area contributed by atoms with E-state index in [1.165, 1.54) is 0 Å². The zero-order valence-electron chi connectivity index (χ0n) is 6.43. The second kappa shape index (κ2) is 4.81. The maximum Gasteiger partial charge on any atom is 0.377 e. The topological polar surface area (TPSA) is 104 Å². The molecule has 0 heterocycles. The Morgan fingerprint density at radius 1 is 1.42 bits per heavy atom. The molecule has 70 valence electrons. The van der Waals surface area contributed by atoms with E-state index < -0.39 is 30.6 Å². The summed E-state index contributed by atoms with van der Waals surface area (Å²) in [5.41, 5.74) is 0. The van der Waals surface area contributed by atoms with Gasteiger partial charge in [0.25, 0.3) is 5.78 Å². The molecule has 0 radical (unpaired) electrons. The molecule has 0 rings (SSSR count). The molecule has 6 heteroatoms. The van der Waals surface area contributed by atoms with Crippen LogP contribution in [0.25, 0.3) is 0 Å². The number of esters is 1. The third-order valence-electron chi connectivity index (χ3n) is 1.21. The number of carbonyl (C=O) groups is 2. The highest BCUT2D eigenvalue weighted by molar-refractivity contribution is 6.35. The lowest BCUT2D eigenvalue weighted by atomic mass is 10.1. The van der Waals surface area contributed by atoms with Crippen LogP contribution >= 0.6 is 0 Å². The van der Waals surface area contributed by atoms with E-state index in [9.17, 15) is 9.59 Å². The number of methoxy groups -OCH3 is 1. The van der Waals surface area contributed by atoms with Gasteiger partial charge < -0.3 is 20.1 Å². The molecule has 0 aliphatic heterocycles. The van der Waals surface area contributed by atoms with E-state index in [0.717, 1.165) is 7.11 Å². The first-order valence-electron chi connectivity index (χ1n) is 3.13. The predicted octanol–water partition coefficient (Wildman–Crippen LogP) is -2.56. The SMILES string of the molecule is COC(=O)C(=O)[C@@H](O)[C@H](O)CO. The molecule has 0 aliphatic carbocycles. The average molecular weight is 178 g/mol. The van der Waals surface area contributed by atoms with Crippen molar-refractivity contribution in [1.82, 2.24) is 0 Å². The van der Waals surface area contributed by atoms with Crippen molar-refractivity contribution in [1.29, 1.82) is 0 Å². The van der Waals surface area contributed by atoms with Gasteiger partial charge in [-0.2, -0.15) is 0 Å². The minimum Gasteiger partial charge on any atom is -0.463 e. The molecular formula is C6H10O6. The van der Waals surface area contributed by atoms with Gasteiger partial charge in [-0.1, -0.05) is 0 Å². The Hall–Kier alpha value is -0.980. The minimum atomic E-state index is -1.93. The molecule has 0 spiro atoms. The average Bonchev–Trinajstić information content (AvgIpc) is 2.12. The van der Waals surface area contributed by atoms with E-state index in [4.69, 9.17) is 15.3 Å². The molecule has 0 bridgehead atoms. The van der Waals surface area contributed by atoms with Crippen LogP contribution in [0.4, 0.5) is 0 Å². The van der Waals surface area contributed by atoms with Gasteiger partial charge >= 0.3 is 5.97 Å². The highest BCUT2D eigenvalue weighted by atomic mass is 16.5. The molecule has 2 atom stereocenters. The van der Waals surface area contributed by atoms with Crippen LogP contribution < -0.4 is 0 Å². The lowest BCUT2D eigenvalue weighted by Gasteiger charge is -2.11. The van der Waals surface area contributed by atoms with Crippen LogP contribution in [0.3, 0.4) is 0 Å². The number of carbonyl (C=O) groups excluding carboxylic acids is 2. The zero-order chi connectivity index (χ0) is 9.72. The normalized spacial score (nSPS) is 15.0. The smallest absolute Gasteiger partial charge is 0.377 e. The van der Waals surface area contributed by atoms with E-state index in [-0.39, 0.29) is 0 Å². The second-order valence-corrected chi connectivity index (χ2v) is 2.05. The number of aliphatic hydroxyl groups is 3. The summed E-state index contributed by atoms with van der Waals surface area (Å²) >= 11 is 0. The van der Waals surface area contributed by atoms with E-state index in [0.29, 0.717) is 0 Å². The molecule has 0 saturated carbocycles. The summed E-state index contributed by atoms with van der Waals surface area (Å²) in [7, 11) is 0.971. The van der Waals surface area contributed by atoms with Gasteiger partial charge in [-0.25, -0.2) is 4.79 Å². The number of rotatable bonds is 4. The highest BCUT2D eigenvalue weighted by Gasteiger charge is 2.29. The molecule has 0 aliphatic rings. The van der Waals surface area contributed by atoms with Crippen LogP contribution in [0.2, 0.25) is 0 Å². The molecule has 3 N–H and O–H groups in total. The molecule has 0 fully saturated rings. The molecule has 0 saturated heterocycles. The Morgan fingerprint density at radius 3 is 2.25 bits per heavy atom. The largest absolute Gasteiger partial charge is 0.463 e. The highest BCUT2D eigenvalue weighted by Crippen LogP contribution is 1.95. The van der Waals surface area contributed by atoms with Crippen LogP contribution in [0.5, 0.6) is 0 Å². The molecule has 0 aromatic rings. The second-order valence-electron chi connectivity index (χ2n) is 2.05. The van der Waals surface area contributed by atoms with E-state index in [2.05, 4.69) is 4.74 Å². The summed E-state index contributed by atoms with van der Waals surface area (Å²) in [6.07, 6.45) is -3.58. The van der Waals surface area contributed by atoms with Crippen molar-refractivity contribution in [3.05, 3.63) is 0 Å². The third kappa shape index (κ3) is 2.57. The van der Waals surface area contributed by atoms with Crippen molar-refractivity contribution >= 4 is 11.8 Å². The monoisotopic (exact) mass is 178 g/mol. The fourth-order valence-corrected chi connectivity index (χ4v) is 0.496. The van der Waals surface area contributed by atoms with Crippen LogP contribution in [-0.4, -0.2) is 53.0 Å². The fraction of sp³-hybridized carbons (Fsp3) is 0.667. The Morgan fingerprint density at radius 2 is 1.92 bits per heavy atom. The van der Waals surface area contributed by atoms with Crippen LogP contribution in [0, 0.1) is 0 Å². The van der Waals surface area contributed by atoms with Gasteiger partial charge in [0.15, 0.2) is 6.10 Å². The summed E-state index contributed by atoms with van der Waals surface area (Å²) in [5.74, 6) is -2.53. The van der Waals surface area contributed by atoms with Crippen molar-refractivity contribution in [2.45, 2.75) is 12.2 Å². The van der Waals surface area contributed by atoms with Gasteiger partial charge in [-0.3, -0.25) is 4.79 Å². The maximum absolute atomic E-state index is 10.7. The molecule has 0 unspecified atom stereocenters. The standard InChI is InChI=1S/C6H10O6/c1-12-6(11)5(10)4(9)3(8)2-7/h3-4,7-9H,2H2,1H3/t3-,4+/m1/s1. The Balaban J connectivity index is 4.19. The number of ketones is 1. The summed E-state index contributed by atoms with van der Waals surface area (Å²) in [5, 5.41) is 25.8. The van der Waals surface area contributed by atoms with Gasteiger partial charge in [-0.05, 0) is 0 Å². The van der Waals surface area contributed by atoms with E-state index in [1.54, 1.807) is 0 Å². The number of hydrogen-bond acceptors (Lipinski definition) is 6. The lowest BCUT2D eigenvalue weighted by Crippen LogP contribution is -2.40. The van der Waals surface area contributed by atoms with Crippen molar-refractivity contribution in [2.24, 2.45) is 0 Å². The van der Waals surface area contributed by atoms with Crippen molar-refractivity contribution in [3.63, 3.8) is 0 Å². The number of ether oxygens (including phenoxy) is 1. The summed E-state index contributed by atoms with van der Waals surface area (Å²) < 4.78 is 3.99. The molecule has 12 heavy (non-hydrogen) atoms. The zero-order valence-corrected chi connectivity index (χ0v) is 6.43. The molecule has 0 aromatic heterocycles. The van der Waals surface area contributed by atoms with E-state index >= 15 is 0 Å². The number of aliphatic hydroxyl groups excluding tert-OH is 3. The van der Waals surface area contributed by atoms with E-state index in [1.807, 2.05) is 0 Å². The summed E-state index contributed by atoms with van der Waals surface area (Å²) in [4.78, 5) is 21.1. The summed E-state index contributed by atoms with van der Waals surface area (Å²) in [6, 6.07) is 0. The molecule has 0 aromatic carbocycles. The maximum atomic E-state index is 10.7. The minimum absolute atomic E-state index is 0.802. The number of hydrogen-bond donors (Lipinski definition) is 3. The van der Waals surface area contributed by atoms with Crippen LogP contribution in [0.15, 0.2) is 0 Å². The van der Waals surface area contributed by atoms with Gasteiger partial charge in [0.2, 0.25) is 0 Å². The van der Waals surface area contributed by atoms with Crippen molar-refractivity contribution in [2.75, 3.05) is 13.7 Å². The summed E-state index contributed by atoms with van der Waals surface area (Å²) in [6.45, 7) is -0.802. The van der Waals surface area contributed by atoms with Gasteiger partial charge in [0, 0.05) is 0 Å². The predicted molar refractivity (Wildman–Crippen MR) is 36.1 cm³/mol. The number of Topliss-reactive ketones (excluding diaryl/α,β-unsaturated/α-hetero) is 1. The third-order valence-corrected chi connectivity index (χ3v) is 1.21. The Bertz CT molecular complexity index is 177. The molecule has 0 amide bonds. The Kier molecular flexibility index (Phi) is 4.42.